The molecule has 0 unspecified atom stereocenters. The molecule has 0 aliphatic carbocycles. The Bertz CT molecular complexity index is 263. The Morgan fingerprint density at radius 1 is 1.14 bits per heavy atom. The van der Waals surface area contributed by atoms with Crippen LogP contribution in [0.5, 0.6) is 11.5 Å². The topological polar surface area (TPSA) is 30.5 Å². The molecule has 0 spiro atoms. The van der Waals surface area contributed by atoms with E-state index < -0.39 is 0 Å². The molecule has 0 saturated carbocycles. The Hall–Kier alpha value is -1.22. The number of hydrogen-bond donors (Lipinski definition) is 1. The maximum Gasteiger partial charge on any atom is 0.161 e. The van der Waals surface area contributed by atoms with Gasteiger partial charge in [0, 0.05) is 6.54 Å². The van der Waals surface area contributed by atoms with E-state index in [0.717, 1.165) is 18.0 Å². The van der Waals surface area contributed by atoms with Crippen molar-refractivity contribution >= 4 is 0 Å². The van der Waals surface area contributed by atoms with Crippen molar-refractivity contribution in [3.63, 3.8) is 0 Å². The second kappa shape index (κ2) is 6.27. The van der Waals surface area contributed by atoms with Gasteiger partial charge >= 0.3 is 0 Å². The van der Waals surface area contributed by atoms with Crippen molar-refractivity contribution < 1.29 is 9.47 Å². The van der Waals surface area contributed by atoms with Crippen LogP contribution in [-0.2, 0) is 0 Å². The lowest BCUT2D eigenvalue weighted by molar-refractivity contribution is 0.278. The molecule has 3 nitrogen and oxygen atoms in total. The first kappa shape index (κ1) is 10.9. The molecule has 78 valence electrons. The van der Waals surface area contributed by atoms with Crippen LogP contribution in [0.25, 0.3) is 0 Å². The highest BCUT2D eigenvalue weighted by atomic mass is 16.5. The molecule has 3 heteroatoms. The first-order valence-electron chi connectivity index (χ1n) is 4.87. The lowest BCUT2D eigenvalue weighted by Crippen LogP contribution is -2.16. The second-order valence-electron chi connectivity index (χ2n) is 2.83. The van der Waals surface area contributed by atoms with Crippen molar-refractivity contribution in [3.8, 4) is 11.5 Å². The van der Waals surface area contributed by atoms with E-state index in [0.29, 0.717) is 13.2 Å². The number of nitrogens with one attached hydrogen (secondary N) is 1. The third kappa shape index (κ3) is 3.26. The third-order valence-corrected chi connectivity index (χ3v) is 1.76. The fourth-order valence-corrected chi connectivity index (χ4v) is 1.11. The third-order valence-electron chi connectivity index (χ3n) is 1.76. The van der Waals surface area contributed by atoms with Gasteiger partial charge in [-0.2, -0.15) is 0 Å². The summed E-state index contributed by atoms with van der Waals surface area (Å²) < 4.78 is 11.0. The highest BCUT2D eigenvalue weighted by Crippen LogP contribution is 2.25. The van der Waals surface area contributed by atoms with Crippen LogP contribution >= 0.6 is 0 Å². The lowest BCUT2D eigenvalue weighted by atomic mass is 10.3. The predicted molar refractivity (Wildman–Crippen MR) is 57.0 cm³/mol. The van der Waals surface area contributed by atoms with Crippen LogP contribution in [0.15, 0.2) is 24.3 Å². The van der Waals surface area contributed by atoms with Gasteiger partial charge in [-0.1, -0.05) is 12.1 Å². The Kier molecular flexibility index (Phi) is 4.86. The maximum absolute atomic E-state index is 5.54. The Balaban J connectivity index is 2.55. The van der Waals surface area contributed by atoms with Gasteiger partial charge in [-0.15, -0.1) is 0 Å². The molecule has 0 aromatic heterocycles. The summed E-state index contributed by atoms with van der Waals surface area (Å²) in [6.07, 6.45) is 0. The van der Waals surface area contributed by atoms with E-state index in [9.17, 15) is 0 Å². The molecule has 0 fully saturated rings. The molecule has 0 aliphatic heterocycles. The minimum atomic E-state index is 0.653. The molecule has 0 saturated heterocycles. The normalized spacial score (nSPS) is 9.86. The number of para-hydroxylation sites is 2. The Morgan fingerprint density at radius 3 is 2.36 bits per heavy atom. The predicted octanol–water partition coefficient (Wildman–Crippen LogP) is 1.68. The molecule has 0 atom stereocenters. The molecule has 14 heavy (non-hydrogen) atoms. The van der Waals surface area contributed by atoms with Crippen LogP contribution in [-0.4, -0.2) is 26.8 Å². The standard InChI is InChI=1S/C11H17NO2/c1-3-13-10-6-4-5-7-11(10)14-9-8-12-2/h4-7,12H,3,8-9H2,1-2H3. The highest BCUT2D eigenvalue weighted by Gasteiger charge is 2.01. The fraction of sp³-hybridized carbons (Fsp3) is 0.455. The molecule has 1 rings (SSSR count). The molecule has 0 radical (unpaired) electrons. The summed E-state index contributed by atoms with van der Waals surface area (Å²) in [7, 11) is 1.90. The molecular formula is C11H17NO2. The van der Waals surface area contributed by atoms with Crippen molar-refractivity contribution in [1.82, 2.24) is 5.32 Å². The molecular weight excluding hydrogens is 178 g/mol. The van der Waals surface area contributed by atoms with Crippen LogP contribution in [0.1, 0.15) is 6.92 Å². The lowest BCUT2D eigenvalue weighted by Gasteiger charge is -2.10. The molecule has 0 heterocycles. The molecule has 1 aromatic rings. The van der Waals surface area contributed by atoms with Crippen LogP contribution in [0.2, 0.25) is 0 Å². The van der Waals surface area contributed by atoms with E-state index in [4.69, 9.17) is 9.47 Å². The first-order valence-corrected chi connectivity index (χ1v) is 4.87. The van der Waals surface area contributed by atoms with Crippen LogP contribution in [0.3, 0.4) is 0 Å². The highest BCUT2D eigenvalue weighted by molar-refractivity contribution is 5.39. The SMILES string of the molecule is CCOc1ccccc1OCCNC. The summed E-state index contributed by atoms with van der Waals surface area (Å²) in [5, 5.41) is 3.02. The largest absolute Gasteiger partial charge is 0.490 e. The zero-order valence-corrected chi connectivity index (χ0v) is 8.75. The van der Waals surface area contributed by atoms with E-state index in [1.54, 1.807) is 0 Å². The number of rotatable bonds is 6. The van der Waals surface area contributed by atoms with Crippen molar-refractivity contribution in [2.45, 2.75) is 6.92 Å². The molecule has 1 aromatic carbocycles. The van der Waals surface area contributed by atoms with Crippen LogP contribution in [0, 0.1) is 0 Å². The van der Waals surface area contributed by atoms with Gasteiger partial charge in [0.15, 0.2) is 11.5 Å². The molecule has 1 N–H and O–H groups in total. The summed E-state index contributed by atoms with van der Waals surface area (Å²) >= 11 is 0. The number of benzene rings is 1. The molecule has 0 amide bonds. The zero-order valence-electron chi connectivity index (χ0n) is 8.75. The quantitative estimate of drug-likeness (QED) is 0.701. The smallest absolute Gasteiger partial charge is 0.161 e. The zero-order chi connectivity index (χ0) is 10.2. The Labute approximate surface area is 85.0 Å². The average Bonchev–Trinajstić information content (AvgIpc) is 2.21. The summed E-state index contributed by atoms with van der Waals surface area (Å²) in [4.78, 5) is 0. The van der Waals surface area contributed by atoms with Gasteiger partial charge < -0.3 is 14.8 Å². The van der Waals surface area contributed by atoms with Crippen molar-refractivity contribution in [1.29, 1.82) is 0 Å². The fourth-order valence-electron chi connectivity index (χ4n) is 1.11. The summed E-state index contributed by atoms with van der Waals surface area (Å²) in [6, 6.07) is 7.71. The molecule has 0 bridgehead atoms. The molecule has 0 aliphatic rings. The Morgan fingerprint density at radius 2 is 1.79 bits per heavy atom. The van der Waals surface area contributed by atoms with Gasteiger partial charge in [-0.05, 0) is 26.1 Å². The van der Waals surface area contributed by atoms with Crippen LogP contribution in [0.4, 0.5) is 0 Å². The minimum Gasteiger partial charge on any atom is -0.490 e. The van der Waals surface area contributed by atoms with Gasteiger partial charge in [-0.3, -0.25) is 0 Å². The van der Waals surface area contributed by atoms with E-state index in [2.05, 4.69) is 5.32 Å². The number of ether oxygens (including phenoxy) is 2. The van der Waals surface area contributed by atoms with Gasteiger partial charge in [0.1, 0.15) is 6.61 Å². The van der Waals surface area contributed by atoms with E-state index >= 15 is 0 Å². The van der Waals surface area contributed by atoms with Crippen molar-refractivity contribution in [3.05, 3.63) is 24.3 Å². The van der Waals surface area contributed by atoms with E-state index in [1.165, 1.54) is 0 Å². The van der Waals surface area contributed by atoms with Crippen molar-refractivity contribution in [2.24, 2.45) is 0 Å². The van der Waals surface area contributed by atoms with E-state index in [1.807, 2.05) is 38.2 Å². The van der Waals surface area contributed by atoms with Gasteiger partial charge in [0.05, 0.1) is 6.61 Å². The monoisotopic (exact) mass is 195 g/mol. The van der Waals surface area contributed by atoms with Crippen LogP contribution < -0.4 is 14.8 Å². The van der Waals surface area contributed by atoms with Gasteiger partial charge in [-0.25, -0.2) is 0 Å². The van der Waals surface area contributed by atoms with Gasteiger partial charge in [0.25, 0.3) is 0 Å². The van der Waals surface area contributed by atoms with E-state index in [-0.39, 0.29) is 0 Å². The van der Waals surface area contributed by atoms with Gasteiger partial charge in [0.2, 0.25) is 0 Å². The number of hydrogen-bond acceptors (Lipinski definition) is 3. The minimum absolute atomic E-state index is 0.653. The second-order valence-corrected chi connectivity index (χ2v) is 2.83. The number of likely N-dealkylation sites (N-methyl/N-ethyl adjacent to an activating group) is 1. The summed E-state index contributed by atoms with van der Waals surface area (Å²) in [5.41, 5.74) is 0. The summed E-state index contributed by atoms with van der Waals surface area (Å²) in [5.74, 6) is 1.62. The first-order chi connectivity index (χ1) is 6.88. The maximum atomic E-state index is 5.54. The average molecular weight is 195 g/mol. The van der Waals surface area contributed by atoms with Crippen molar-refractivity contribution in [2.75, 3.05) is 26.8 Å². The summed E-state index contributed by atoms with van der Waals surface area (Å²) in [6.45, 7) is 4.11.